The first-order chi connectivity index (χ1) is 14.0. The Morgan fingerprint density at radius 3 is 2.52 bits per heavy atom. The highest BCUT2D eigenvalue weighted by atomic mass is 35.5. The summed E-state index contributed by atoms with van der Waals surface area (Å²) in [5.41, 5.74) is 5.91. The third-order valence-electron chi connectivity index (χ3n) is 5.00. The molecule has 0 spiro atoms. The lowest BCUT2D eigenvalue weighted by Crippen LogP contribution is -2.26. The molecular formula is C23H20Cl2N2O2. The van der Waals surface area contributed by atoms with Crippen molar-refractivity contribution in [2.24, 2.45) is 0 Å². The van der Waals surface area contributed by atoms with Gasteiger partial charge in [0.1, 0.15) is 0 Å². The van der Waals surface area contributed by atoms with Crippen molar-refractivity contribution < 1.29 is 9.90 Å². The average Bonchev–Trinajstić information content (AvgIpc) is 3.14. The topological polar surface area (TPSA) is 52.6 Å². The van der Waals surface area contributed by atoms with Crippen molar-refractivity contribution in [1.29, 1.82) is 0 Å². The lowest BCUT2D eigenvalue weighted by atomic mass is 10.00. The number of rotatable bonds is 5. The van der Waals surface area contributed by atoms with E-state index in [1.54, 1.807) is 12.1 Å². The van der Waals surface area contributed by atoms with Gasteiger partial charge in [-0.3, -0.25) is 4.79 Å². The Bertz CT molecular complexity index is 1050. The van der Waals surface area contributed by atoms with Gasteiger partial charge in [-0.15, -0.1) is 0 Å². The Morgan fingerprint density at radius 2 is 1.76 bits per heavy atom. The van der Waals surface area contributed by atoms with Crippen LogP contribution in [-0.4, -0.2) is 30.7 Å². The van der Waals surface area contributed by atoms with Gasteiger partial charge in [0.25, 0.3) is 5.91 Å². The number of carbonyl (C=O) groups excluding carboxylic acids is 1. The van der Waals surface area contributed by atoms with E-state index >= 15 is 0 Å². The van der Waals surface area contributed by atoms with Gasteiger partial charge in [0, 0.05) is 40.1 Å². The van der Waals surface area contributed by atoms with Gasteiger partial charge in [0.05, 0.1) is 6.61 Å². The summed E-state index contributed by atoms with van der Waals surface area (Å²) in [5, 5.41) is 12.8. The predicted molar refractivity (Wildman–Crippen MR) is 118 cm³/mol. The van der Waals surface area contributed by atoms with E-state index < -0.39 is 0 Å². The van der Waals surface area contributed by atoms with E-state index in [0.29, 0.717) is 15.6 Å². The molecule has 0 radical (unpaired) electrons. The Morgan fingerprint density at radius 1 is 1.00 bits per heavy atom. The highest BCUT2D eigenvalue weighted by molar-refractivity contribution is 6.35. The van der Waals surface area contributed by atoms with Gasteiger partial charge in [0.2, 0.25) is 0 Å². The van der Waals surface area contributed by atoms with E-state index in [-0.39, 0.29) is 19.1 Å². The van der Waals surface area contributed by atoms with Crippen LogP contribution in [0, 0.1) is 0 Å². The second kappa shape index (κ2) is 8.46. The van der Waals surface area contributed by atoms with Crippen molar-refractivity contribution >= 4 is 40.5 Å². The molecule has 148 valence electrons. The molecule has 0 fully saturated rings. The molecule has 0 aliphatic carbocycles. The number of amides is 1. The number of nitrogens with zero attached hydrogens (tertiary/aromatic N) is 1. The molecule has 2 N–H and O–H groups in total. The zero-order valence-electron chi connectivity index (χ0n) is 15.7. The summed E-state index contributed by atoms with van der Waals surface area (Å²) in [7, 11) is 0. The first-order valence-corrected chi connectivity index (χ1v) is 10.2. The van der Waals surface area contributed by atoms with Gasteiger partial charge in [-0.25, -0.2) is 0 Å². The molecule has 1 heterocycles. The smallest absolute Gasteiger partial charge is 0.251 e. The third-order valence-corrected chi connectivity index (χ3v) is 5.43. The van der Waals surface area contributed by atoms with Crippen LogP contribution in [0.25, 0.3) is 11.1 Å². The molecule has 0 saturated heterocycles. The fraction of sp³-hybridized carbons (Fsp3) is 0.174. The number of carbonyl (C=O) groups is 1. The molecule has 0 saturated carbocycles. The summed E-state index contributed by atoms with van der Waals surface area (Å²) in [4.78, 5) is 14.4. The monoisotopic (exact) mass is 426 g/mol. The summed E-state index contributed by atoms with van der Waals surface area (Å²) in [5.74, 6) is -0.197. The second-order valence-corrected chi connectivity index (χ2v) is 7.81. The molecule has 0 aromatic heterocycles. The highest BCUT2D eigenvalue weighted by Gasteiger charge is 2.22. The molecule has 0 unspecified atom stereocenters. The number of hydrogen-bond acceptors (Lipinski definition) is 3. The number of halogens is 2. The van der Waals surface area contributed by atoms with Gasteiger partial charge in [-0.2, -0.15) is 0 Å². The summed E-state index contributed by atoms with van der Waals surface area (Å²) in [6, 6.07) is 19.4. The van der Waals surface area contributed by atoms with Crippen LogP contribution in [0.5, 0.6) is 0 Å². The van der Waals surface area contributed by atoms with Crippen molar-refractivity contribution in [3.05, 3.63) is 81.8 Å². The zero-order chi connectivity index (χ0) is 20.4. The minimum Gasteiger partial charge on any atom is -0.395 e. The van der Waals surface area contributed by atoms with Crippen molar-refractivity contribution in [1.82, 2.24) is 5.32 Å². The van der Waals surface area contributed by atoms with Crippen molar-refractivity contribution in [2.45, 2.75) is 6.42 Å². The largest absolute Gasteiger partial charge is 0.395 e. The van der Waals surface area contributed by atoms with Crippen LogP contribution in [0.15, 0.2) is 60.7 Å². The van der Waals surface area contributed by atoms with Crippen LogP contribution in [0.2, 0.25) is 10.0 Å². The minimum absolute atomic E-state index is 0.0837. The molecule has 6 heteroatoms. The van der Waals surface area contributed by atoms with Gasteiger partial charge < -0.3 is 15.3 Å². The maximum Gasteiger partial charge on any atom is 0.251 e. The SMILES string of the molecule is O=C(NCCO)c1cccc(-c2ccc3c(c2)N(c2cc(Cl)cc(Cl)c2)CC3)c1. The lowest BCUT2D eigenvalue weighted by molar-refractivity contribution is 0.0945. The molecule has 1 aliphatic heterocycles. The number of aliphatic hydroxyl groups is 1. The normalized spacial score (nSPS) is 12.7. The van der Waals surface area contributed by atoms with Crippen LogP contribution in [0.4, 0.5) is 11.4 Å². The third kappa shape index (κ3) is 4.25. The van der Waals surface area contributed by atoms with E-state index in [2.05, 4.69) is 28.4 Å². The fourth-order valence-electron chi connectivity index (χ4n) is 3.63. The van der Waals surface area contributed by atoms with Crippen LogP contribution in [0.1, 0.15) is 15.9 Å². The van der Waals surface area contributed by atoms with Gasteiger partial charge >= 0.3 is 0 Å². The van der Waals surface area contributed by atoms with Crippen molar-refractivity contribution in [3.8, 4) is 11.1 Å². The van der Waals surface area contributed by atoms with Crippen LogP contribution < -0.4 is 10.2 Å². The summed E-state index contributed by atoms with van der Waals surface area (Å²) in [6.45, 7) is 1.01. The second-order valence-electron chi connectivity index (χ2n) is 6.93. The number of anilines is 2. The number of fused-ring (bicyclic) bond motifs is 1. The molecule has 4 nitrogen and oxygen atoms in total. The Hall–Kier alpha value is -2.53. The minimum atomic E-state index is -0.197. The Balaban J connectivity index is 1.67. The Labute approximate surface area is 179 Å². The van der Waals surface area contributed by atoms with Crippen molar-refractivity contribution in [2.75, 3.05) is 24.6 Å². The van der Waals surface area contributed by atoms with Gasteiger partial charge in [-0.05, 0) is 59.5 Å². The van der Waals surface area contributed by atoms with E-state index in [1.165, 1.54) is 5.56 Å². The first-order valence-electron chi connectivity index (χ1n) is 9.41. The van der Waals surface area contributed by atoms with Crippen LogP contribution >= 0.6 is 23.2 Å². The molecule has 4 rings (SSSR count). The summed E-state index contributed by atoms with van der Waals surface area (Å²) in [6.07, 6.45) is 0.948. The first kappa shape index (κ1) is 19.8. The van der Waals surface area contributed by atoms with Gasteiger partial charge in [0.15, 0.2) is 0 Å². The number of benzene rings is 3. The standard InChI is InChI=1S/C23H20Cl2N2O2/c24-19-12-20(25)14-21(13-19)27-8-6-15-4-5-17(11-22(15)27)16-2-1-3-18(10-16)23(29)26-7-9-28/h1-5,10-14,28H,6-9H2,(H,26,29). The molecule has 0 atom stereocenters. The molecular weight excluding hydrogens is 407 g/mol. The van der Waals surface area contributed by atoms with Crippen molar-refractivity contribution in [3.63, 3.8) is 0 Å². The van der Waals surface area contributed by atoms with Gasteiger partial charge in [-0.1, -0.05) is 47.5 Å². The predicted octanol–water partition coefficient (Wildman–Crippen LogP) is 5.08. The molecule has 29 heavy (non-hydrogen) atoms. The average molecular weight is 427 g/mol. The van der Waals surface area contributed by atoms with Crippen LogP contribution in [0.3, 0.4) is 0 Å². The maximum atomic E-state index is 12.2. The molecule has 3 aromatic carbocycles. The molecule has 1 amide bonds. The number of nitrogens with one attached hydrogen (secondary N) is 1. The van der Waals surface area contributed by atoms with E-state index in [9.17, 15) is 4.79 Å². The molecule has 1 aliphatic rings. The lowest BCUT2D eigenvalue weighted by Gasteiger charge is -2.21. The highest BCUT2D eigenvalue weighted by Crippen LogP contribution is 2.39. The number of aliphatic hydroxyl groups excluding tert-OH is 1. The zero-order valence-corrected chi connectivity index (χ0v) is 17.2. The number of hydrogen-bond donors (Lipinski definition) is 2. The van der Waals surface area contributed by atoms with E-state index in [0.717, 1.165) is 35.5 Å². The van der Waals surface area contributed by atoms with E-state index in [1.807, 2.05) is 30.3 Å². The summed E-state index contributed by atoms with van der Waals surface area (Å²) >= 11 is 12.4. The van der Waals surface area contributed by atoms with E-state index in [4.69, 9.17) is 28.3 Å². The Kier molecular flexibility index (Phi) is 5.76. The maximum absolute atomic E-state index is 12.2. The molecule has 0 bridgehead atoms. The quantitative estimate of drug-likeness (QED) is 0.598. The fourth-order valence-corrected chi connectivity index (χ4v) is 4.15. The van der Waals surface area contributed by atoms with Crippen LogP contribution in [-0.2, 0) is 6.42 Å². The molecule has 3 aromatic rings. The summed E-state index contributed by atoms with van der Waals surface area (Å²) < 4.78 is 0.